The molecule has 0 unspecified atom stereocenters. The molecule has 0 spiro atoms. The van der Waals surface area contributed by atoms with Crippen molar-refractivity contribution in [2.75, 3.05) is 17.2 Å². The van der Waals surface area contributed by atoms with Crippen LogP contribution in [0.5, 0.6) is 0 Å². The molecule has 25 heavy (non-hydrogen) atoms. The Balaban J connectivity index is 1.89. The quantitative estimate of drug-likeness (QED) is 0.742. The molecular formula is C17H14BrFN2O4. The molecule has 0 atom stereocenters. The van der Waals surface area contributed by atoms with Gasteiger partial charge in [-0.15, -0.1) is 0 Å². The maximum absolute atomic E-state index is 13.2. The van der Waals surface area contributed by atoms with Gasteiger partial charge in [0.1, 0.15) is 5.82 Å². The van der Waals surface area contributed by atoms with E-state index < -0.39 is 24.3 Å². The summed E-state index contributed by atoms with van der Waals surface area (Å²) in [5, 5.41) is 5.14. The van der Waals surface area contributed by atoms with Gasteiger partial charge in [0.15, 0.2) is 6.61 Å². The number of hydrogen-bond acceptors (Lipinski definition) is 4. The molecule has 2 N–H and O–H groups in total. The number of amides is 2. The van der Waals surface area contributed by atoms with E-state index in [2.05, 4.69) is 26.6 Å². The molecule has 0 saturated heterocycles. The molecule has 0 bridgehead atoms. The highest BCUT2D eigenvalue weighted by Crippen LogP contribution is 2.19. The van der Waals surface area contributed by atoms with Gasteiger partial charge in [0.05, 0.1) is 5.56 Å². The van der Waals surface area contributed by atoms with Crippen molar-refractivity contribution < 1.29 is 23.5 Å². The van der Waals surface area contributed by atoms with Crippen LogP contribution in [0.2, 0.25) is 0 Å². The van der Waals surface area contributed by atoms with Gasteiger partial charge in [-0.3, -0.25) is 9.59 Å². The number of nitrogens with one attached hydrogen (secondary N) is 2. The van der Waals surface area contributed by atoms with Crippen LogP contribution in [-0.2, 0) is 14.3 Å². The topological polar surface area (TPSA) is 84.5 Å². The van der Waals surface area contributed by atoms with Gasteiger partial charge in [-0.25, -0.2) is 9.18 Å². The minimum absolute atomic E-state index is 0.00698. The van der Waals surface area contributed by atoms with Gasteiger partial charge >= 0.3 is 5.97 Å². The molecule has 2 aromatic carbocycles. The van der Waals surface area contributed by atoms with Crippen LogP contribution in [0.3, 0.4) is 0 Å². The Morgan fingerprint density at radius 2 is 1.64 bits per heavy atom. The Morgan fingerprint density at radius 1 is 1.04 bits per heavy atom. The van der Waals surface area contributed by atoms with E-state index in [0.29, 0.717) is 15.8 Å². The summed E-state index contributed by atoms with van der Waals surface area (Å²) in [6.07, 6.45) is 0. The Morgan fingerprint density at radius 3 is 2.24 bits per heavy atom. The number of rotatable bonds is 5. The lowest BCUT2D eigenvalue weighted by molar-refractivity contribution is -0.119. The largest absolute Gasteiger partial charge is 0.452 e. The number of hydrogen-bond donors (Lipinski definition) is 2. The third-order valence-electron chi connectivity index (χ3n) is 2.97. The van der Waals surface area contributed by atoms with Crippen molar-refractivity contribution in [3.8, 4) is 0 Å². The van der Waals surface area contributed by atoms with E-state index in [9.17, 15) is 18.8 Å². The third-order valence-corrected chi connectivity index (χ3v) is 3.66. The smallest absolute Gasteiger partial charge is 0.339 e. The van der Waals surface area contributed by atoms with E-state index in [4.69, 9.17) is 4.74 Å². The molecule has 2 aromatic rings. The van der Waals surface area contributed by atoms with Crippen molar-refractivity contribution in [3.63, 3.8) is 0 Å². The summed E-state index contributed by atoms with van der Waals surface area (Å²) < 4.78 is 18.4. The van der Waals surface area contributed by atoms with Crippen molar-refractivity contribution in [2.24, 2.45) is 0 Å². The summed E-state index contributed by atoms with van der Waals surface area (Å²) in [5.41, 5.74) is 1.06. The molecule has 0 saturated carbocycles. The number of carbonyl (C=O) groups excluding carboxylic acids is 3. The summed E-state index contributed by atoms with van der Waals surface area (Å²) in [6, 6.07) is 10.0. The lowest BCUT2D eigenvalue weighted by Crippen LogP contribution is -2.21. The average molecular weight is 409 g/mol. The lowest BCUT2D eigenvalue weighted by Gasteiger charge is -2.08. The molecule has 0 radical (unpaired) electrons. The molecule has 0 aromatic heterocycles. The van der Waals surface area contributed by atoms with Crippen LogP contribution in [0.25, 0.3) is 0 Å². The van der Waals surface area contributed by atoms with E-state index >= 15 is 0 Å². The van der Waals surface area contributed by atoms with E-state index in [1.165, 1.54) is 19.1 Å². The van der Waals surface area contributed by atoms with Gasteiger partial charge in [-0.05, 0) is 58.4 Å². The van der Waals surface area contributed by atoms with Crippen molar-refractivity contribution >= 4 is 45.1 Å². The molecule has 0 fully saturated rings. The monoisotopic (exact) mass is 408 g/mol. The van der Waals surface area contributed by atoms with Gasteiger partial charge in [0.25, 0.3) is 5.91 Å². The normalized spacial score (nSPS) is 10.0. The van der Waals surface area contributed by atoms with Crippen LogP contribution in [0.4, 0.5) is 15.8 Å². The summed E-state index contributed by atoms with van der Waals surface area (Å²) in [7, 11) is 0. The van der Waals surface area contributed by atoms with E-state index in [-0.39, 0.29) is 11.5 Å². The van der Waals surface area contributed by atoms with Crippen molar-refractivity contribution in [1.29, 1.82) is 0 Å². The first kappa shape index (κ1) is 18.6. The van der Waals surface area contributed by atoms with Crippen LogP contribution in [0.1, 0.15) is 17.3 Å². The van der Waals surface area contributed by atoms with Crippen molar-refractivity contribution in [1.82, 2.24) is 0 Å². The summed E-state index contributed by atoms with van der Waals surface area (Å²) in [5.74, 6) is -2.15. The first-order chi connectivity index (χ1) is 11.8. The van der Waals surface area contributed by atoms with Gasteiger partial charge in [-0.2, -0.15) is 0 Å². The molecule has 0 aliphatic carbocycles. The first-order valence-electron chi connectivity index (χ1n) is 7.15. The predicted molar refractivity (Wildman–Crippen MR) is 93.8 cm³/mol. The number of carbonyl (C=O) groups is 3. The average Bonchev–Trinajstić information content (AvgIpc) is 2.56. The highest BCUT2D eigenvalue weighted by Gasteiger charge is 2.14. The fourth-order valence-corrected chi connectivity index (χ4v) is 2.31. The van der Waals surface area contributed by atoms with Gasteiger partial charge in [0, 0.05) is 22.8 Å². The molecule has 2 amide bonds. The highest BCUT2D eigenvalue weighted by atomic mass is 79.9. The zero-order chi connectivity index (χ0) is 18.4. The minimum atomic E-state index is -0.817. The first-order valence-corrected chi connectivity index (χ1v) is 7.94. The fourth-order valence-electron chi connectivity index (χ4n) is 1.90. The second kappa shape index (κ2) is 8.39. The lowest BCUT2D eigenvalue weighted by atomic mass is 10.2. The van der Waals surface area contributed by atoms with Gasteiger partial charge in [0.2, 0.25) is 5.91 Å². The van der Waals surface area contributed by atoms with E-state index in [0.717, 1.165) is 6.07 Å². The minimum Gasteiger partial charge on any atom is -0.452 e. The van der Waals surface area contributed by atoms with Crippen molar-refractivity contribution in [3.05, 3.63) is 58.3 Å². The number of anilines is 2. The maximum atomic E-state index is 13.2. The number of ether oxygens (including phenoxy) is 1. The Hall–Kier alpha value is -2.74. The standard InChI is InChI=1S/C17H14BrFN2O4/c1-10(22)20-12-3-5-13(6-4-12)21-16(23)9-25-17(24)14-8-11(19)2-7-15(14)18/h2-8H,9H2,1H3,(H,20,22)(H,21,23). The Labute approximate surface area is 151 Å². The number of benzene rings is 2. The predicted octanol–water partition coefficient (Wildman–Crippen LogP) is 3.34. The molecule has 130 valence electrons. The van der Waals surface area contributed by atoms with Crippen molar-refractivity contribution in [2.45, 2.75) is 6.92 Å². The Bertz CT molecular complexity index is 809. The zero-order valence-electron chi connectivity index (χ0n) is 13.1. The second-order valence-electron chi connectivity index (χ2n) is 5.01. The van der Waals surface area contributed by atoms with Gasteiger partial charge < -0.3 is 15.4 Å². The summed E-state index contributed by atoms with van der Waals surface area (Å²) in [4.78, 5) is 34.6. The van der Waals surface area contributed by atoms with Crippen LogP contribution in [0.15, 0.2) is 46.9 Å². The number of esters is 1. The summed E-state index contributed by atoms with van der Waals surface area (Å²) >= 11 is 3.12. The number of halogens is 2. The second-order valence-corrected chi connectivity index (χ2v) is 5.86. The van der Waals surface area contributed by atoms with Crippen LogP contribution >= 0.6 is 15.9 Å². The SMILES string of the molecule is CC(=O)Nc1ccc(NC(=O)COC(=O)c2cc(F)ccc2Br)cc1. The highest BCUT2D eigenvalue weighted by molar-refractivity contribution is 9.10. The molecule has 8 heteroatoms. The Kier molecular flexibility index (Phi) is 6.24. The fraction of sp³-hybridized carbons (Fsp3) is 0.118. The molecular weight excluding hydrogens is 395 g/mol. The van der Waals surface area contributed by atoms with E-state index in [1.807, 2.05) is 0 Å². The third kappa shape index (κ3) is 5.68. The molecule has 2 rings (SSSR count). The zero-order valence-corrected chi connectivity index (χ0v) is 14.7. The molecule has 6 nitrogen and oxygen atoms in total. The van der Waals surface area contributed by atoms with Crippen LogP contribution < -0.4 is 10.6 Å². The summed E-state index contributed by atoms with van der Waals surface area (Å²) in [6.45, 7) is 0.871. The molecule has 0 aliphatic heterocycles. The van der Waals surface area contributed by atoms with Crippen LogP contribution in [-0.4, -0.2) is 24.4 Å². The van der Waals surface area contributed by atoms with Crippen LogP contribution in [0, 0.1) is 5.82 Å². The molecule has 0 aliphatic rings. The maximum Gasteiger partial charge on any atom is 0.339 e. The van der Waals surface area contributed by atoms with E-state index in [1.54, 1.807) is 24.3 Å². The van der Waals surface area contributed by atoms with Gasteiger partial charge in [-0.1, -0.05) is 0 Å². The molecule has 0 heterocycles.